The standard InChI is InChI=1S/C23H18S/c1-13-4-7-16-18(10-13)19-11-14(2)5-8-17(19)23-22(16)20-12-15(3)6-9-21(20)24-23/h4-12H,1-3H3. The van der Waals surface area contributed by atoms with Crippen LogP contribution >= 0.6 is 11.3 Å². The minimum Gasteiger partial charge on any atom is -0.135 e. The van der Waals surface area contributed by atoms with Crippen LogP contribution in [0.4, 0.5) is 0 Å². The summed E-state index contributed by atoms with van der Waals surface area (Å²) in [5.74, 6) is 0. The molecular weight excluding hydrogens is 308 g/mol. The zero-order valence-electron chi connectivity index (χ0n) is 14.1. The highest BCUT2D eigenvalue weighted by atomic mass is 32.1. The zero-order valence-corrected chi connectivity index (χ0v) is 14.9. The second-order valence-corrected chi connectivity index (χ2v) is 7.96. The van der Waals surface area contributed by atoms with Gasteiger partial charge in [0.2, 0.25) is 0 Å². The zero-order chi connectivity index (χ0) is 16.4. The van der Waals surface area contributed by atoms with Crippen LogP contribution in [0.1, 0.15) is 16.7 Å². The average Bonchev–Trinajstić information content (AvgIpc) is 2.93. The lowest BCUT2D eigenvalue weighted by molar-refractivity contribution is 1.50. The molecule has 0 radical (unpaired) electrons. The molecule has 0 aliphatic heterocycles. The van der Waals surface area contributed by atoms with Crippen LogP contribution in [0.3, 0.4) is 0 Å². The molecule has 0 saturated heterocycles. The lowest BCUT2D eigenvalue weighted by Crippen LogP contribution is -1.83. The summed E-state index contributed by atoms with van der Waals surface area (Å²) >= 11 is 1.92. The number of hydrogen-bond acceptors (Lipinski definition) is 1. The fraction of sp³-hybridized carbons (Fsp3) is 0.130. The summed E-state index contributed by atoms with van der Waals surface area (Å²) < 4.78 is 2.80. The van der Waals surface area contributed by atoms with Crippen molar-refractivity contribution in [1.29, 1.82) is 0 Å². The van der Waals surface area contributed by atoms with E-state index in [1.807, 2.05) is 11.3 Å². The van der Waals surface area contributed by atoms with Gasteiger partial charge in [0.05, 0.1) is 0 Å². The third kappa shape index (κ3) is 1.85. The second-order valence-electron chi connectivity index (χ2n) is 6.90. The Labute approximate surface area is 145 Å². The third-order valence-corrected chi connectivity index (χ3v) is 6.20. The first-order valence-corrected chi connectivity index (χ1v) is 9.19. The molecule has 0 fully saturated rings. The van der Waals surface area contributed by atoms with Gasteiger partial charge in [-0.25, -0.2) is 0 Å². The summed E-state index contributed by atoms with van der Waals surface area (Å²) in [7, 11) is 0. The van der Waals surface area contributed by atoms with Crippen LogP contribution in [0.2, 0.25) is 0 Å². The first-order valence-electron chi connectivity index (χ1n) is 8.37. The van der Waals surface area contributed by atoms with Crippen LogP contribution in [0, 0.1) is 20.8 Å². The van der Waals surface area contributed by atoms with Crippen LogP contribution in [0.5, 0.6) is 0 Å². The summed E-state index contributed by atoms with van der Waals surface area (Å²) in [6.45, 7) is 6.54. The van der Waals surface area contributed by atoms with E-state index in [1.54, 1.807) is 0 Å². The maximum Gasteiger partial charge on any atom is 0.0440 e. The summed E-state index contributed by atoms with van der Waals surface area (Å²) in [6, 6.07) is 20.6. The van der Waals surface area contributed by atoms with Crippen molar-refractivity contribution in [3.8, 4) is 0 Å². The van der Waals surface area contributed by atoms with Crippen LogP contribution < -0.4 is 0 Å². The highest BCUT2D eigenvalue weighted by molar-refractivity contribution is 7.27. The molecule has 5 aromatic rings. The van der Waals surface area contributed by atoms with Gasteiger partial charge >= 0.3 is 0 Å². The maximum atomic E-state index is 2.34. The first-order chi connectivity index (χ1) is 11.6. The fourth-order valence-corrected chi connectivity index (χ4v) is 5.08. The number of rotatable bonds is 0. The summed E-state index contributed by atoms with van der Waals surface area (Å²) in [5.41, 5.74) is 3.97. The quantitative estimate of drug-likeness (QED) is 0.262. The normalized spacial score (nSPS) is 12.0. The highest BCUT2D eigenvalue weighted by Gasteiger charge is 2.14. The lowest BCUT2D eigenvalue weighted by Gasteiger charge is -2.09. The van der Waals surface area contributed by atoms with E-state index in [9.17, 15) is 0 Å². The van der Waals surface area contributed by atoms with Crippen molar-refractivity contribution in [2.24, 2.45) is 0 Å². The molecule has 0 nitrogen and oxygen atoms in total. The number of aryl methyl sites for hydroxylation is 3. The molecule has 116 valence electrons. The van der Waals surface area contributed by atoms with Gasteiger partial charge in [0, 0.05) is 25.6 Å². The van der Waals surface area contributed by atoms with E-state index in [4.69, 9.17) is 0 Å². The van der Waals surface area contributed by atoms with E-state index in [2.05, 4.69) is 75.4 Å². The van der Waals surface area contributed by atoms with Crippen LogP contribution in [0.15, 0.2) is 54.6 Å². The Morgan fingerprint density at radius 2 is 1.08 bits per heavy atom. The molecule has 0 saturated carbocycles. The van der Waals surface area contributed by atoms with E-state index in [0.717, 1.165) is 0 Å². The molecule has 0 amide bonds. The van der Waals surface area contributed by atoms with Crippen LogP contribution in [-0.4, -0.2) is 0 Å². The molecule has 0 aliphatic rings. The lowest BCUT2D eigenvalue weighted by atomic mass is 9.95. The monoisotopic (exact) mass is 326 g/mol. The van der Waals surface area contributed by atoms with Crippen molar-refractivity contribution in [2.75, 3.05) is 0 Å². The Morgan fingerprint density at radius 1 is 0.542 bits per heavy atom. The third-order valence-electron chi connectivity index (χ3n) is 5.00. The van der Waals surface area contributed by atoms with Crippen molar-refractivity contribution < 1.29 is 0 Å². The van der Waals surface area contributed by atoms with Crippen molar-refractivity contribution in [1.82, 2.24) is 0 Å². The minimum absolute atomic E-state index is 1.32. The molecule has 0 atom stereocenters. The minimum atomic E-state index is 1.32. The van der Waals surface area contributed by atoms with Crippen molar-refractivity contribution in [2.45, 2.75) is 20.8 Å². The molecule has 24 heavy (non-hydrogen) atoms. The van der Waals surface area contributed by atoms with Gasteiger partial charge in [-0.3, -0.25) is 0 Å². The Balaban J connectivity index is 2.18. The molecule has 0 unspecified atom stereocenters. The summed E-state index contributed by atoms with van der Waals surface area (Å²) in [6.07, 6.45) is 0. The summed E-state index contributed by atoms with van der Waals surface area (Å²) in [4.78, 5) is 0. The molecule has 1 heterocycles. The predicted molar refractivity (Wildman–Crippen MR) is 109 cm³/mol. The van der Waals surface area contributed by atoms with E-state index in [1.165, 1.54) is 58.4 Å². The van der Waals surface area contributed by atoms with Crippen molar-refractivity contribution >= 4 is 53.1 Å². The highest BCUT2D eigenvalue weighted by Crippen LogP contribution is 2.44. The van der Waals surface area contributed by atoms with E-state index in [0.29, 0.717) is 0 Å². The van der Waals surface area contributed by atoms with Gasteiger partial charge in [-0.2, -0.15) is 0 Å². The summed E-state index contributed by atoms with van der Waals surface area (Å²) in [5, 5.41) is 8.33. The van der Waals surface area contributed by atoms with Crippen LogP contribution in [0.25, 0.3) is 41.7 Å². The number of benzene rings is 4. The molecule has 0 bridgehead atoms. The van der Waals surface area contributed by atoms with E-state index >= 15 is 0 Å². The SMILES string of the molecule is Cc1ccc2c(c1)c1cc(C)ccc1c1c3cc(C)ccc3sc21. The van der Waals surface area contributed by atoms with Gasteiger partial charge in [0.25, 0.3) is 0 Å². The number of fused-ring (bicyclic) bond motifs is 8. The van der Waals surface area contributed by atoms with Gasteiger partial charge in [-0.15, -0.1) is 11.3 Å². The molecule has 1 aromatic heterocycles. The molecule has 0 aliphatic carbocycles. The first kappa shape index (κ1) is 14.0. The Morgan fingerprint density at radius 3 is 1.79 bits per heavy atom. The maximum absolute atomic E-state index is 2.34. The molecule has 4 aromatic carbocycles. The molecule has 0 N–H and O–H groups in total. The Bertz CT molecular complexity index is 1270. The average molecular weight is 326 g/mol. The van der Waals surface area contributed by atoms with Gasteiger partial charge in [0.1, 0.15) is 0 Å². The number of hydrogen-bond donors (Lipinski definition) is 0. The fourth-order valence-electron chi connectivity index (χ4n) is 3.85. The molecular formula is C23H18S. The Hall–Kier alpha value is -2.38. The number of thiophene rings is 1. The topological polar surface area (TPSA) is 0 Å². The molecule has 1 heteroatoms. The van der Waals surface area contributed by atoms with Gasteiger partial charge in [-0.1, -0.05) is 59.2 Å². The molecule has 5 rings (SSSR count). The van der Waals surface area contributed by atoms with Gasteiger partial charge < -0.3 is 0 Å². The molecule has 0 spiro atoms. The van der Waals surface area contributed by atoms with E-state index < -0.39 is 0 Å². The largest absolute Gasteiger partial charge is 0.135 e. The van der Waals surface area contributed by atoms with Gasteiger partial charge in [0.15, 0.2) is 0 Å². The second kappa shape index (κ2) is 4.81. The van der Waals surface area contributed by atoms with Crippen LogP contribution in [-0.2, 0) is 0 Å². The van der Waals surface area contributed by atoms with Crippen molar-refractivity contribution in [3.63, 3.8) is 0 Å². The predicted octanol–water partition coefficient (Wildman–Crippen LogP) is 7.29. The van der Waals surface area contributed by atoms with E-state index in [-0.39, 0.29) is 0 Å². The van der Waals surface area contributed by atoms with Crippen molar-refractivity contribution in [3.05, 3.63) is 71.3 Å². The van der Waals surface area contributed by atoms with Gasteiger partial charge in [-0.05, 0) is 49.1 Å². The Kier molecular flexibility index (Phi) is 2.81. The smallest absolute Gasteiger partial charge is 0.0440 e.